The maximum absolute atomic E-state index is 12.7. The van der Waals surface area contributed by atoms with Crippen LogP contribution in [0.15, 0.2) is 57.9 Å². The largest absolute Gasteiger partial charge is 0.327 e. The average Bonchev–Trinajstić information content (AvgIpc) is 2.87. The number of hydrogen-bond acceptors (Lipinski definition) is 3. The van der Waals surface area contributed by atoms with E-state index in [9.17, 15) is 9.59 Å². The number of pyridine rings is 1. The molecule has 0 aliphatic carbocycles. The lowest BCUT2D eigenvalue weighted by molar-refractivity contribution is 0.0965. The molecule has 0 aliphatic rings. The molecular weight excluding hydrogens is 382 g/mol. The van der Waals surface area contributed by atoms with Crippen LogP contribution in [0.5, 0.6) is 0 Å². The minimum atomic E-state index is -0.213. The molecule has 0 bridgehead atoms. The fourth-order valence-electron chi connectivity index (χ4n) is 2.79. The van der Waals surface area contributed by atoms with E-state index in [1.54, 1.807) is 12.3 Å². The number of rotatable bonds is 5. The number of Topliss-reactive ketones (excluding diaryl/α,β-unsaturated/α-hetero) is 1. The zero-order chi connectivity index (χ0) is 18.0. The predicted molar refractivity (Wildman–Crippen MR) is 100.0 cm³/mol. The highest BCUT2D eigenvalue weighted by Crippen LogP contribution is 2.15. The summed E-state index contributed by atoms with van der Waals surface area (Å²) in [6.45, 7) is 4.41. The molecule has 3 aromatic rings. The molecule has 3 rings (SSSR count). The zero-order valence-corrected chi connectivity index (χ0v) is 15.7. The van der Waals surface area contributed by atoms with Gasteiger partial charge in [-0.3, -0.25) is 9.59 Å². The SMILES string of the molecule is Cc1nc(C(=O)Cn2cc(Br)ccc2=O)c(C)n1Cc1ccccc1. The summed E-state index contributed by atoms with van der Waals surface area (Å²) in [4.78, 5) is 29.0. The van der Waals surface area contributed by atoms with Crippen LogP contribution in [-0.4, -0.2) is 19.9 Å². The van der Waals surface area contributed by atoms with Crippen LogP contribution in [0, 0.1) is 13.8 Å². The number of hydrogen-bond donors (Lipinski definition) is 0. The molecule has 0 radical (unpaired) electrons. The summed E-state index contributed by atoms with van der Waals surface area (Å²) < 4.78 is 4.16. The van der Waals surface area contributed by atoms with Crippen molar-refractivity contribution >= 4 is 21.7 Å². The van der Waals surface area contributed by atoms with Gasteiger partial charge < -0.3 is 9.13 Å². The number of halogens is 1. The van der Waals surface area contributed by atoms with Crippen LogP contribution in [0.1, 0.15) is 27.6 Å². The second kappa shape index (κ2) is 7.19. The summed E-state index contributed by atoms with van der Waals surface area (Å²) in [5.74, 6) is 0.610. The fraction of sp³-hybridized carbons (Fsp3) is 0.211. The lowest BCUT2D eigenvalue weighted by atomic mass is 10.2. The average molecular weight is 400 g/mol. The topological polar surface area (TPSA) is 56.9 Å². The number of nitrogens with zero attached hydrogens (tertiary/aromatic N) is 3. The maximum Gasteiger partial charge on any atom is 0.251 e. The Balaban J connectivity index is 1.88. The summed E-state index contributed by atoms with van der Waals surface area (Å²) in [6.07, 6.45) is 1.61. The van der Waals surface area contributed by atoms with Gasteiger partial charge in [0.1, 0.15) is 11.5 Å². The van der Waals surface area contributed by atoms with E-state index in [0.29, 0.717) is 12.2 Å². The van der Waals surface area contributed by atoms with Crippen molar-refractivity contribution in [2.45, 2.75) is 26.9 Å². The molecule has 1 aromatic carbocycles. The number of ketones is 1. The maximum atomic E-state index is 12.7. The molecule has 0 unspecified atom stereocenters. The quantitative estimate of drug-likeness (QED) is 0.618. The molecule has 0 saturated carbocycles. The van der Waals surface area contributed by atoms with Crippen molar-refractivity contribution in [3.8, 4) is 0 Å². The number of benzene rings is 1. The Morgan fingerprint density at radius 3 is 2.56 bits per heavy atom. The molecule has 0 amide bonds. The van der Waals surface area contributed by atoms with Gasteiger partial charge in [-0.1, -0.05) is 30.3 Å². The van der Waals surface area contributed by atoms with Crippen LogP contribution in [0.2, 0.25) is 0 Å². The van der Waals surface area contributed by atoms with Crippen LogP contribution >= 0.6 is 15.9 Å². The fourth-order valence-corrected chi connectivity index (χ4v) is 3.17. The van der Waals surface area contributed by atoms with E-state index in [2.05, 4.69) is 20.9 Å². The first-order valence-corrected chi connectivity index (χ1v) is 8.72. The Morgan fingerprint density at radius 2 is 1.84 bits per heavy atom. The van der Waals surface area contributed by atoms with Gasteiger partial charge in [-0.15, -0.1) is 0 Å². The van der Waals surface area contributed by atoms with Gasteiger partial charge in [0.25, 0.3) is 5.56 Å². The van der Waals surface area contributed by atoms with Crippen LogP contribution in [-0.2, 0) is 13.1 Å². The first-order valence-electron chi connectivity index (χ1n) is 7.92. The summed E-state index contributed by atoms with van der Waals surface area (Å²) in [6, 6.07) is 13.1. The second-order valence-electron chi connectivity index (χ2n) is 5.90. The highest BCUT2D eigenvalue weighted by atomic mass is 79.9. The van der Waals surface area contributed by atoms with Gasteiger partial charge in [0.2, 0.25) is 5.78 Å². The molecule has 128 valence electrons. The molecule has 0 N–H and O–H groups in total. The lowest BCUT2D eigenvalue weighted by Gasteiger charge is -2.08. The molecule has 0 atom stereocenters. The van der Waals surface area contributed by atoms with Crippen molar-refractivity contribution < 1.29 is 4.79 Å². The molecule has 0 spiro atoms. The molecule has 0 saturated heterocycles. The summed E-state index contributed by atoms with van der Waals surface area (Å²) >= 11 is 3.32. The van der Waals surface area contributed by atoms with Crippen molar-refractivity contribution in [3.05, 3.63) is 86.3 Å². The monoisotopic (exact) mass is 399 g/mol. The second-order valence-corrected chi connectivity index (χ2v) is 6.82. The molecule has 2 heterocycles. The molecule has 5 nitrogen and oxygen atoms in total. The van der Waals surface area contributed by atoms with E-state index in [1.807, 2.05) is 48.7 Å². The van der Waals surface area contributed by atoms with E-state index in [-0.39, 0.29) is 17.9 Å². The molecule has 25 heavy (non-hydrogen) atoms. The Kier molecular flexibility index (Phi) is 4.99. The molecule has 0 fully saturated rings. The molecule has 6 heteroatoms. The number of imidazole rings is 1. The van der Waals surface area contributed by atoms with Gasteiger partial charge in [-0.25, -0.2) is 4.98 Å². The van der Waals surface area contributed by atoms with Gasteiger partial charge in [0.05, 0.1) is 6.54 Å². The number of aromatic nitrogens is 3. The van der Waals surface area contributed by atoms with Gasteiger partial charge in [0, 0.05) is 29.0 Å². The predicted octanol–water partition coefficient (Wildman–Crippen LogP) is 3.36. The normalized spacial score (nSPS) is 10.8. The third-order valence-electron chi connectivity index (χ3n) is 4.12. The van der Waals surface area contributed by atoms with Crippen molar-refractivity contribution in [1.82, 2.24) is 14.1 Å². The molecule has 2 aromatic heterocycles. The Bertz CT molecular complexity index is 974. The highest BCUT2D eigenvalue weighted by molar-refractivity contribution is 9.10. The van der Waals surface area contributed by atoms with Crippen molar-refractivity contribution in [2.24, 2.45) is 0 Å². The Hall–Kier alpha value is -2.47. The highest BCUT2D eigenvalue weighted by Gasteiger charge is 2.18. The third kappa shape index (κ3) is 3.79. The van der Waals surface area contributed by atoms with E-state index in [4.69, 9.17) is 0 Å². The van der Waals surface area contributed by atoms with E-state index < -0.39 is 0 Å². The molecule has 0 aliphatic heterocycles. The first kappa shape index (κ1) is 17.4. The van der Waals surface area contributed by atoms with Crippen LogP contribution < -0.4 is 5.56 Å². The number of carbonyl (C=O) groups is 1. The minimum absolute atomic E-state index is 0.0269. The smallest absolute Gasteiger partial charge is 0.251 e. The van der Waals surface area contributed by atoms with Gasteiger partial charge in [0.15, 0.2) is 0 Å². The number of aryl methyl sites for hydroxylation is 1. The van der Waals surface area contributed by atoms with Crippen molar-refractivity contribution in [3.63, 3.8) is 0 Å². The van der Waals surface area contributed by atoms with E-state index >= 15 is 0 Å². The summed E-state index contributed by atoms with van der Waals surface area (Å²) in [5, 5.41) is 0. The molecular formula is C19H18BrN3O2. The van der Waals surface area contributed by atoms with Crippen LogP contribution in [0.4, 0.5) is 0 Å². The van der Waals surface area contributed by atoms with Gasteiger partial charge >= 0.3 is 0 Å². The first-order chi connectivity index (χ1) is 12.0. The minimum Gasteiger partial charge on any atom is -0.327 e. The van der Waals surface area contributed by atoms with Gasteiger partial charge in [-0.05, 0) is 41.4 Å². The van der Waals surface area contributed by atoms with Crippen molar-refractivity contribution in [2.75, 3.05) is 0 Å². The zero-order valence-electron chi connectivity index (χ0n) is 14.1. The lowest BCUT2D eigenvalue weighted by Crippen LogP contribution is -2.23. The Labute approximate surface area is 154 Å². The summed E-state index contributed by atoms with van der Waals surface area (Å²) in [7, 11) is 0. The van der Waals surface area contributed by atoms with E-state index in [1.165, 1.54) is 10.6 Å². The van der Waals surface area contributed by atoms with Crippen molar-refractivity contribution in [1.29, 1.82) is 0 Å². The van der Waals surface area contributed by atoms with Crippen LogP contribution in [0.3, 0.4) is 0 Å². The number of carbonyl (C=O) groups excluding carboxylic acids is 1. The Morgan fingerprint density at radius 1 is 1.12 bits per heavy atom. The van der Waals surface area contributed by atoms with E-state index in [0.717, 1.165) is 21.6 Å². The standard InChI is InChI=1S/C19H18BrN3O2/c1-13-19(17(24)12-22-11-16(20)8-9-18(22)25)21-14(2)23(13)10-15-6-4-3-5-7-15/h3-9,11H,10,12H2,1-2H3. The third-order valence-corrected chi connectivity index (χ3v) is 4.59. The summed E-state index contributed by atoms with van der Waals surface area (Å²) in [5.41, 5.74) is 2.16. The van der Waals surface area contributed by atoms with Crippen LogP contribution in [0.25, 0.3) is 0 Å². The van der Waals surface area contributed by atoms with Gasteiger partial charge in [-0.2, -0.15) is 0 Å².